The second-order valence-electron chi connectivity index (χ2n) is 7.76. The number of aliphatic hydroxyl groups excluding tert-OH is 1. The van der Waals surface area contributed by atoms with Crippen molar-refractivity contribution in [1.82, 2.24) is 10.6 Å². The van der Waals surface area contributed by atoms with Crippen LogP contribution in [0.15, 0.2) is 54.6 Å². The van der Waals surface area contributed by atoms with Crippen molar-refractivity contribution in [3.05, 3.63) is 65.7 Å². The molecule has 0 aliphatic rings. The first-order valence-corrected chi connectivity index (χ1v) is 9.24. The van der Waals surface area contributed by atoms with Crippen molar-refractivity contribution in [2.24, 2.45) is 0 Å². The number of aliphatic hydroxyl groups is 1. The summed E-state index contributed by atoms with van der Waals surface area (Å²) in [5, 5.41) is 16.6. The number of nitrogens with one attached hydrogen (secondary N) is 2. The number of benzene rings is 2. The zero-order valence-electron chi connectivity index (χ0n) is 16.5. The smallest absolute Gasteiger partial charge is 0.258 e. The van der Waals surface area contributed by atoms with Gasteiger partial charge in [-0.15, -0.1) is 0 Å². The van der Waals surface area contributed by atoms with E-state index in [2.05, 4.69) is 10.6 Å². The van der Waals surface area contributed by atoms with Gasteiger partial charge in [-0.1, -0.05) is 42.5 Å². The standard InChI is InChI=1S/C22H30N2O3/c1-16(21(26)18-8-6-5-7-9-18)23-14-17-10-12-19(13-11-17)27-15-20(25)24-22(2,3)4/h5-13,16,21,23,26H,14-15H2,1-4H3,(H,24,25)/t16-,21-/m0/s1. The van der Waals surface area contributed by atoms with E-state index in [0.717, 1.165) is 11.1 Å². The molecule has 0 spiro atoms. The molecule has 146 valence electrons. The molecule has 0 saturated carbocycles. The van der Waals surface area contributed by atoms with Crippen LogP contribution in [0, 0.1) is 0 Å². The van der Waals surface area contributed by atoms with Crippen molar-refractivity contribution in [2.75, 3.05) is 6.61 Å². The summed E-state index contributed by atoms with van der Waals surface area (Å²) in [5.74, 6) is 0.511. The molecule has 2 atom stereocenters. The summed E-state index contributed by atoms with van der Waals surface area (Å²) >= 11 is 0. The van der Waals surface area contributed by atoms with Crippen molar-refractivity contribution in [1.29, 1.82) is 0 Å². The van der Waals surface area contributed by atoms with E-state index in [0.29, 0.717) is 12.3 Å². The third-order valence-electron chi connectivity index (χ3n) is 4.05. The fraction of sp³-hybridized carbons (Fsp3) is 0.409. The number of hydrogen-bond donors (Lipinski definition) is 3. The zero-order valence-corrected chi connectivity index (χ0v) is 16.5. The Bertz CT molecular complexity index is 709. The highest BCUT2D eigenvalue weighted by atomic mass is 16.5. The number of carbonyl (C=O) groups is 1. The van der Waals surface area contributed by atoms with Crippen molar-refractivity contribution >= 4 is 5.91 Å². The predicted octanol–water partition coefficient (Wildman–Crippen LogP) is 3.19. The van der Waals surface area contributed by atoms with Crippen molar-refractivity contribution < 1.29 is 14.6 Å². The van der Waals surface area contributed by atoms with Gasteiger partial charge in [0.2, 0.25) is 0 Å². The normalized spacial score (nSPS) is 13.7. The summed E-state index contributed by atoms with van der Waals surface area (Å²) in [6.07, 6.45) is -0.560. The molecule has 0 unspecified atom stereocenters. The van der Waals surface area contributed by atoms with E-state index in [1.165, 1.54) is 0 Å². The van der Waals surface area contributed by atoms with Gasteiger partial charge in [-0.25, -0.2) is 0 Å². The lowest BCUT2D eigenvalue weighted by Gasteiger charge is -2.21. The Labute approximate surface area is 161 Å². The van der Waals surface area contributed by atoms with Crippen LogP contribution in [0.4, 0.5) is 0 Å². The predicted molar refractivity (Wildman–Crippen MR) is 108 cm³/mol. The molecule has 0 aromatic heterocycles. The highest BCUT2D eigenvalue weighted by Crippen LogP contribution is 2.17. The Balaban J connectivity index is 1.79. The van der Waals surface area contributed by atoms with Gasteiger partial charge >= 0.3 is 0 Å². The van der Waals surface area contributed by atoms with Crippen LogP contribution in [-0.4, -0.2) is 29.2 Å². The molecule has 0 aliphatic heterocycles. The van der Waals surface area contributed by atoms with E-state index in [-0.39, 0.29) is 24.1 Å². The quantitative estimate of drug-likeness (QED) is 0.667. The number of rotatable bonds is 8. The lowest BCUT2D eigenvalue weighted by Crippen LogP contribution is -2.43. The number of hydrogen-bond acceptors (Lipinski definition) is 4. The third-order valence-corrected chi connectivity index (χ3v) is 4.05. The maximum absolute atomic E-state index is 11.8. The monoisotopic (exact) mass is 370 g/mol. The molecule has 1 amide bonds. The van der Waals surface area contributed by atoms with Crippen LogP contribution in [-0.2, 0) is 11.3 Å². The molecule has 0 aliphatic carbocycles. The lowest BCUT2D eigenvalue weighted by atomic mass is 10.0. The fourth-order valence-electron chi connectivity index (χ4n) is 2.64. The Morgan fingerprint density at radius 1 is 1.07 bits per heavy atom. The average Bonchev–Trinajstić information content (AvgIpc) is 2.64. The Kier molecular flexibility index (Phi) is 7.39. The first-order valence-electron chi connectivity index (χ1n) is 9.24. The molecule has 3 N–H and O–H groups in total. The van der Waals surface area contributed by atoms with E-state index in [1.807, 2.05) is 82.3 Å². The van der Waals surface area contributed by atoms with Gasteiger partial charge in [-0.3, -0.25) is 4.79 Å². The highest BCUT2D eigenvalue weighted by Gasteiger charge is 2.16. The first-order chi connectivity index (χ1) is 12.7. The molecule has 2 aromatic rings. The highest BCUT2D eigenvalue weighted by molar-refractivity contribution is 5.78. The van der Waals surface area contributed by atoms with E-state index in [1.54, 1.807) is 0 Å². The Morgan fingerprint density at radius 2 is 1.70 bits per heavy atom. The van der Waals surface area contributed by atoms with Gasteiger partial charge in [0, 0.05) is 18.1 Å². The molecule has 0 radical (unpaired) electrons. The lowest BCUT2D eigenvalue weighted by molar-refractivity contribution is -0.124. The minimum absolute atomic E-state index is 0.00479. The summed E-state index contributed by atoms with van der Waals surface area (Å²) in [6, 6.07) is 17.1. The van der Waals surface area contributed by atoms with Crippen LogP contribution in [0.2, 0.25) is 0 Å². The van der Waals surface area contributed by atoms with E-state index in [9.17, 15) is 9.90 Å². The van der Waals surface area contributed by atoms with Gasteiger partial charge in [0.25, 0.3) is 5.91 Å². The fourth-order valence-corrected chi connectivity index (χ4v) is 2.64. The summed E-state index contributed by atoms with van der Waals surface area (Å²) < 4.78 is 5.52. The molecule has 5 heteroatoms. The second kappa shape index (κ2) is 9.53. The molecule has 0 heterocycles. The SMILES string of the molecule is C[C@H](NCc1ccc(OCC(=O)NC(C)(C)C)cc1)[C@H](O)c1ccccc1. The van der Waals surface area contributed by atoms with Crippen LogP contribution in [0.1, 0.15) is 44.9 Å². The molecule has 5 nitrogen and oxygen atoms in total. The van der Waals surface area contributed by atoms with Crippen molar-refractivity contribution in [3.8, 4) is 5.75 Å². The Hall–Kier alpha value is -2.37. The largest absolute Gasteiger partial charge is 0.484 e. The van der Waals surface area contributed by atoms with Crippen LogP contribution in [0.3, 0.4) is 0 Å². The maximum Gasteiger partial charge on any atom is 0.258 e. The van der Waals surface area contributed by atoms with Crippen molar-refractivity contribution in [3.63, 3.8) is 0 Å². The summed E-state index contributed by atoms with van der Waals surface area (Å²) in [5.41, 5.74) is 1.71. The topological polar surface area (TPSA) is 70.6 Å². The van der Waals surface area contributed by atoms with E-state index in [4.69, 9.17) is 4.74 Å². The molecule has 2 aromatic carbocycles. The summed E-state index contributed by atoms with van der Waals surface area (Å²) in [4.78, 5) is 11.8. The van der Waals surface area contributed by atoms with Gasteiger partial charge in [0.05, 0.1) is 6.10 Å². The van der Waals surface area contributed by atoms with Gasteiger partial charge in [0.1, 0.15) is 5.75 Å². The maximum atomic E-state index is 11.8. The molecular weight excluding hydrogens is 340 g/mol. The van der Waals surface area contributed by atoms with Crippen LogP contribution >= 0.6 is 0 Å². The van der Waals surface area contributed by atoms with Gasteiger partial charge < -0.3 is 20.5 Å². The molecule has 0 bridgehead atoms. The molecule has 27 heavy (non-hydrogen) atoms. The third kappa shape index (κ3) is 7.41. The minimum Gasteiger partial charge on any atom is -0.484 e. The van der Waals surface area contributed by atoms with E-state index < -0.39 is 6.10 Å². The molecule has 2 rings (SSSR count). The van der Waals surface area contributed by atoms with Gasteiger partial charge in [-0.05, 0) is 51.0 Å². The minimum atomic E-state index is -0.560. The van der Waals surface area contributed by atoms with E-state index >= 15 is 0 Å². The zero-order chi connectivity index (χ0) is 19.9. The van der Waals surface area contributed by atoms with Gasteiger partial charge in [0.15, 0.2) is 6.61 Å². The number of ether oxygens (including phenoxy) is 1. The first kappa shape index (κ1) is 20.9. The number of carbonyl (C=O) groups excluding carboxylic acids is 1. The van der Waals surface area contributed by atoms with Gasteiger partial charge in [-0.2, -0.15) is 0 Å². The Morgan fingerprint density at radius 3 is 2.30 bits per heavy atom. The van der Waals surface area contributed by atoms with Crippen LogP contribution in [0.25, 0.3) is 0 Å². The summed E-state index contributed by atoms with van der Waals surface area (Å²) in [7, 11) is 0. The van der Waals surface area contributed by atoms with Crippen molar-refractivity contribution in [2.45, 2.75) is 51.9 Å². The molecule has 0 fully saturated rings. The average molecular weight is 370 g/mol. The van der Waals surface area contributed by atoms with Crippen LogP contribution in [0.5, 0.6) is 5.75 Å². The summed E-state index contributed by atoms with van der Waals surface area (Å²) in [6.45, 7) is 8.39. The number of amides is 1. The van der Waals surface area contributed by atoms with Crippen LogP contribution < -0.4 is 15.4 Å². The molecule has 0 saturated heterocycles. The molecular formula is C22H30N2O3. The second-order valence-corrected chi connectivity index (χ2v) is 7.76.